The number of nitrogens with one attached hydrogen (secondary N) is 1. The third-order valence-electron chi connectivity index (χ3n) is 11.9. The van der Waals surface area contributed by atoms with Crippen LogP contribution in [0.1, 0.15) is 70.8 Å². The van der Waals surface area contributed by atoms with Gasteiger partial charge in [0.2, 0.25) is 0 Å². The van der Waals surface area contributed by atoms with Gasteiger partial charge in [0.05, 0.1) is 28.4 Å². The van der Waals surface area contributed by atoms with Gasteiger partial charge in [-0.2, -0.15) is 5.10 Å². The van der Waals surface area contributed by atoms with Gasteiger partial charge in [-0.15, -0.1) is 0 Å². The smallest absolute Gasteiger partial charge is 0.355 e. The van der Waals surface area contributed by atoms with E-state index in [9.17, 15) is 19.5 Å². The number of aromatic amines is 1. The van der Waals surface area contributed by atoms with Crippen LogP contribution in [-0.4, -0.2) is 109 Å². The van der Waals surface area contributed by atoms with Gasteiger partial charge in [0, 0.05) is 73.9 Å². The first-order chi connectivity index (χ1) is 30.6. The number of hydrogen-bond donors (Lipinski definition) is 2. The summed E-state index contributed by atoms with van der Waals surface area (Å²) in [5, 5.41) is 18.3. The zero-order valence-electron chi connectivity index (χ0n) is 37.4. The van der Waals surface area contributed by atoms with Crippen LogP contribution in [0.15, 0.2) is 66.7 Å². The molecule has 0 unspecified atom stereocenters. The van der Waals surface area contributed by atoms with Crippen molar-refractivity contribution in [3.05, 3.63) is 106 Å². The number of benzene rings is 4. The Labute approximate surface area is 376 Å². The number of H-pyrrole nitrogens is 1. The number of carbonyl (C=O) groups excluding carboxylic acids is 2. The normalized spacial score (nSPS) is 13.6. The van der Waals surface area contributed by atoms with E-state index in [4.69, 9.17) is 30.9 Å². The quantitative estimate of drug-likeness (QED) is 0.0802. The van der Waals surface area contributed by atoms with Crippen LogP contribution >= 0.6 is 11.6 Å². The number of esters is 1. The predicted molar refractivity (Wildman–Crippen MR) is 248 cm³/mol. The van der Waals surface area contributed by atoms with Crippen LogP contribution in [0.2, 0.25) is 5.02 Å². The summed E-state index contributed by atoms with van der Waals surface area (Å²) in [6.45, 7) is 14.5. The molecule has 4 aromatic carbocycles. The summed E-state index contributed by atoms with van der Waals surface area (Å²) in [5.74, 6) is -0.362. The molecule has 3 aromatic heterocycles. The minimum Gasteiger partial charge on any atom is -0.493 e. The van der Waals surface area contributed by atoms with Crippen molar-refractivity contribution in [1.29, 1.82) is 0 Å². The predicted octanol–water partition coefficient (Wildman–Crippen LogP) is 8.54. The van der Waals surface area contributed by atoms with Gasteiger partial charge in [-0.1, -0.05) is 54.1 Å². The van der Waals surface area contributed by atoms with Crippen molar-refractivity contribution in [2.24, 2.45) is 7.05 Å². The van der Waals surface area contributed by atoms with Gasteiger partial charge < -0.3 is 33.8 Å². The molecule has 8 rings (SSSR count). The molecule has 1 fully saturated rings. The molecule has 0 atom stereocenters. The molecule has 0 saturated carbocycles. The zero-order valence-corrected chi connectivity index (χ0v) is 38.1. The van der Waals surface area contributed by atoms with Crippen molar-refractivity contribution >= 4 is 62.2 Å². The Kier molecular flexibility index (Phi) is 12.4. The summed E-state index contributed by atoms with van der Waals surface area (Å²) in [6.07, 6.45) is 1.18. The number of carboxylic acids is 1. The van der Waals surface area contributed by atoms with Gasteiger partial charge in [0.1, 0.15) is 39.7 Å². The minimum atomic E-state index is -1.18. The summed E-state index contributed by atoms with van der Waals surface area (Å²) < 4.78 is 22.3. The number of hydrogen-bond acceptors (Lipinski definition) is 9. The maximum absolute atomic E-state index is 14.6. The number of ether oxygens (including phenoxy) is 3. The summed E-state index contributed by atoms with van der Waals surface area (Å²) in [6, 6.07) is 21.4. The van der Waals surface area contributed by atoms with E-state index in [1.54, 1.807) is 24.0 Å². The van der Waals surface area contributed by atoms with Gasteiger partial charge in [-0.05, 0) is 89.6 Å². The first-order valence-corrected chi connectivity index (χ1v) is 22.0. The van der Waals surface area contributed by atoms with Crippen LogP contribution in [0, 0.1) is 20.8 Å². The van der Waals surface area contributed by atoms with E-state index < -0.39 is 17.5 Å². The number of aryl methyl sites for hydroxylation is 4. The first kappa shape index (κ1) is 44.2. The molecular formula is C49H54ClN7O7. The van der Waals surface area contributed by atoms with E-state index in [2.05, 4.69) is 37.6 Å². The molecule has 2 N–H and O–H groups in total. The van der Waals surface area contributed by atoms with E-state index in [-0.39, 0.29) is 29.3 Å². The number of aromatic carboxylic acids is 1. The van der Waals surface area contributed by atoms with Gasteiger partial charge in [0.15, 0.2) is 6.61 Å². The topological polar surface area (TPSA) is 157 Å². The third kappa shape index (κ3) is 8.89. The molecule has 14 nitrogen and oxygen atoms in total. The fourth-order valence-electron chi connectivity index (χ4n) is 8.86. The molecule has 1 aliphatic rings. The standard InChI is InChI=1S/C49H54ClN7O7/c1-29-41(30(2)54(7)53-29)42-36(50)18-17-35-34(15-11-27-62-38-16-10-13-32-12-8-9-14-33(32)38)46(48(61)64-49(4,5)6)57(45(35)42)26-23-55-21-24-56(25-22-55)40(58)28-63-39-20-19-37-44(43(39)47(59)60)52-31(3)51-37/h8-10,12-14,16-20H,11,15,21-28H2,1-7H3,(H,51,52)(H,59,60). The average molecular weight is 888 g/mol. The first-order valence-electron chi connectivity index (χ1n) is 21.6. The Hall–Kier alpha value is -6.38. The Morgan fingerprint density at radius 3 is 2.33 bits per heavy atom. The van der Waals surface area contributed by atoms with Gasteiger partial charge >= 0.3 is 11.9 Å². The molecule has 15 heteroatoms. The van der Waals surface area contributed by atoms with Crippen LogP contribution in [0.5, 0.6) is 11.5 Å². The van der Waals surface area contributed by atoms with Crippen molar-refractivity contribution in [2.75, 3.05) is 45.9 Å². The molecule has 0 spiro atoms. The molecule has 0 radical (unpaired) electrons. The van der Waals surface area contributed by atoms with Crippen molar-refractivity contribution in [1.82, 2.24) is 34.1 Å². The highest BCUT2D eigenvalue weighted by Gasteiger charge is 2.32. The van der Waals surface area contributed by atoms with E-state index >= 15 is 0 Å². The zero-order chi connectivity index (χ0) is 45.4. The van der Waals surface area contributed by atoms with Crippen LogP contribution in [0.4, 0.5) is 0 Å². The largest absolute Gasteiger partial charge is 0.493 e. The van der Waals surface area contributed by atoms with Crippen LogP contribution < -0.4 is 9.47 Å². The lowest BCUT2D eigenvalue weighted by Gasteiger charge is -2.35. The third-order valence-corrected chi connectivity index (χ3v) is 12.2. The van der Waals surface area contributed by atoms with Gasteiger partial charge in [0.25, 0.3) is 5.91 Å². The number of rotatable bonds is 14. The number of carboxylic acid groups (broad SMARTS) is 1. The molecule has 1 aliphatic heterocycles. The van der Waals surface area contributed by atoms with E-state index in [1.807, 2.05) is 82.7 Å². The molecule has 4 heterocycles. The maximum Gasteiger partial charge on any atom is 0.355 e. The minimum absolute atomic E-state index is 0.0848. The highest BCUT2D eigenvalue weighted by molar-refractivity contribution is 6.35. The molecule has 0 bridgehead atoms. The molecule has 334 valence electrons. The molecule has 64 heavy (non-hydrogen) atoms. The summed E-state index contributed by atoms with van der Waals surface area (Å²) >= 11 is 7.18. The van der Waals surface area contributed by atoms with E-state index in [0.29, 0.717) is 80.8 Å². The fourth-order valence-corrected chi connectivity index (χ4v) is 9.10. The second-order valence-corrected chi connectivity index (χ2v) is 17.8. The number of imidazole rings is 1. The number of piperazine rings is 1. The van der Waals surface area contributed by atoms with Crippen molar-refractivity contribution in [3.8, 4) is 22.6 Å². The van der Waals surface area contributed by atoms with E-state index in [1.165, 1.54) is 0 Å². The lowest BCUT2D eigenvalue weighted by molar-refractivity contribution is -0.135. The number of fused-ring (bicyclic) bond motifs is 3. The maximum atomic E-state index is 14.6. The van der Waals surface area contributed by atoms with Crippen molar-refractivity contribution in [3.63, 3.8) is 0 Å². The second kappa shape index (κ2) is 18.0. The Morgan fingerprint density at radius 2 is 1.61 bits per heavy atom. The SMILES string of the molecule is Cc1nc2c(C(=O)O)c(OCC(=O)N3CCN(CCn4c(C(=O)OC(C)(C)C)c(CCCOc5cccc6ccccc56)c5ccc(Cl)c(-c6c(C)nn(C)c6C)c54)CC3)ccc2[nH]1. The number of carbonyl (C=O) groups is 3. The van der Waals surface area contributed by atoms with E-state index in [0.717, 1.165) is 55.5 Å². The Bertz CT molecular complexity index is 2910. The van der Waals surface area contributed by atoms with Crippen LogP contribution in [-0.2, 0) is 29.5 Å². The lowest BCUT2D eigenvalue weighted by atomic mass is 9.98. The molecule has 0 aliphatic carbocycles. The fraction of sp³-hybridized carbons (Fsp3) is 0.367. The highest BCUT2D eigenvalue weighted by Crippen LogP contribution is 2.42. The van der Waals surface area contributed by atoms with Crippen LogP contribution in [0.3, 0.4) is 0 Å². The number of amides is 1. The average Bonchev–Trinajstić information content (AvgIpc) is 3.88. The summed E-state index contributed by atoms with van der Waals surface area (Å²) in [5.41, 5.74) is 5.72. The second-order valence-electron chi connectivity index (χ2n) is 17.4. The molecule has 1 saturated heterocycles. The van der Waals surface area contributed by atoms with Gasteiger partial charge in [-0.3, -0.25) is 14.4 Å². The Balaban J connectivity index is 1.06. The summed E-state index contributed by atoms with van der Waals surface area (Å²) in [7, 11) is 1.91. The molecule has 7 aromatic rings. The van der Waals surface area contributed by atoms with Crippen LogP contribution in [0.25, 0.3) is 43.8 Å². The van der Waals surface area contributed by atoms with Crippen molar-refractivity contribution < 1.29 is 33.7 Å². The lowest BCUT2D eigenvalue weighted by Crippen LogP contribution is -2.50. The number of halogens is 1. The molecular weight excluding hydrogens is 834 g/mol. The van der Waals surface area contributed by atoms with Gasteiger partial charge in [-0.25, -0.2) is 14.6 Å². The monoisotopic (exact) mass is 887 g/mol. The van der Waals surface area contributed by atoms with Crippen molar-refractivity contribution in [2.45, 2.75) is 66.5 Å². The highest BCUT2D eigenvalue weighted by atomic mass is 35.5. The number of aromatic nitrogens is 5. The molecule has 1 amide bonds. The Morgan fingerprint density at radius 1 is 0.859 bits per heavy atom. The number of nitrogens with zero attached hydrogens (tertiary/aromatic N) is 6. The summed E-state index contributed by atoms with van der Waals surface area (Å²) in [4.78, 5) is 51.5.